The lowest BCUT2D eigenvalue weighted by Crippen LogP contribution is -2.23. The van der Waals surface area contributed by atoms with Crippen LogP contribution in [0, 0.1) is 0 Å². The first-order valence-corrected chi connectivity index (χ1v) is 11.4. The molecule has 11 heteroatoms. The van der Waals surface area contributed by atoms with Crippen LogP contribution in [0.2, 0.25) is 0 Å². The molecule has 4 heterocycles. The monoisotopic (exact) mass is 486 g/mol. The predicted molar refractivity (Wildman–Crippen MR) is 132 cm³/mol. The Morgan fingerprint density at radius 1 is 1.19 bits per heavy atom. The fourth-order valence-corrected chi connectivity index (χ4v) is 3.84. The Labute approximate surface area is 206 Å². The SMILES string of the molecule is Cn1cc(-c2nc3nccc(-c4ccc(CNC(=O)c5nc(C(C)(C)C)no5)cc4CO)c3[nH]2)cn1. The van der Waals surface area contributed by atoms with Gasteiger partial charge in [-0.2, -0.15) is 10.1 Å². The first-order chi connectivity index (χ1) is 17.2. The van der Waals surface area contributed by atoms with Gasteiger partial charge in [0.15, 0.2) is 11.5 Å². The number of amides is 1. The molecule has 1 amide bonds. The number of benzene rings is 1. The van der Waals surface area contributed by atoms with Gasteiger partial charge in [-0.05, 0) is 22.8 Å². The van der Waals surface area contributed by atoms with Crippen molar-refractivity contribution in [1.82, 2.24) is 40.2 Å². The number of fused-ring (bicyclic) bond motifs is 1. The van der Waals surface area contributed by atoms with E-state index < -0.39 is 5.91 Å². The van der Waals surface area contributed by atoms with Crippen LogP contribution in [0.15, 0.2) is 47.4 Å². The molecule has 5 rings (SSSR count). The van der Waals surface area contributed by atoms with Crippen LogP contribution < -0.4 is 5.32 Å². The van der Waals surface area contributed by atoms with Crippen LogP contribution in [0.1, 0.15) is 48.4 Å². The number of carbonyl (C=O) groups excluding carboxylic acids is 1. The summed E-state index contributed by atoms with van der Waals surface area (Å²) in [6, 6.07) is 7.55. The lowest BCUT2D eigenvalue weighted by molar-refractivity contribution is 0.0907. The van der Waals surface area contributed by atoms with Crippen LogP contribution in [0.25, 0.3) is 33.7 Å². The lowest BCUT2D eigenvalue weighted by Gasteiger charge is -2.11. The third kappa shape index (κ3) is 4.48. The number of hydrogen-bond donors (Lipinski definition) is 3. The zero-order chi connectivity index (χ0) is 25.4. The van der Waals surface area contributed by atoms with E-state index >= 15 is 0 Å². The molecule has 11 nitrogen and oxygen atoms in total. The molecule has 0 saturated heterocycles. The Balaban J connectivity index is 1.39. The number of nitrogens with one attached hydrogen (secondary N) is 2. The molecular formula is C25H26N8O3. The summed E-state index contributed by atoms with van der Waals surface area (Å²) in [5.74, 6) is 0.595. The molecule has 0 aliphatic heterocycles. The second kappa shape index (κ2) is 9.00. The van der Waals surface area contributed by atoms with Gasteiger partial charge >= 0.3 is 11.8 Å². The molecule has 184 valence electrons. The third-order valence-electron chi connectivity index (χ3n) is 5.74. The quantitative estimate of drug-likeness (QED) is 0.332. The highest BCUT2D eigenvalue weighted by molar-refractivity contribution is 5.92. The van der Waals surface area contributed by atoms with Crippen LogP contribution in [0.4, 0.5) is 0 Å². The molecule has 4 aromatic heterocycles. The Kier molecular flexibility index (Phi) is 5.84. The number of nitrogens with zero attached hydrogens (tertiary/aromatic N) is 6. The minimum atomic E-state index is -0.455. The second-order valence-corrected chi connectivity index (χ2v) is 9.55. The maximum absolute atomic E-state index is 12.5. The molecule has 0 aliphatic carbocycles. The minimum Gasteiger partial charge on any atom is -0.392 e. The normalized spacial score (nSPS) is 11.8. The predicted octanol–water partition coefficient (Wildman–Crippen LogP) is 3.13. The standard InChI is InChI=1S/C25H26N8O3/c1-25(2,3)24-31-23(36-32-24)22(35)27-10-14-5-6-17(15(9-14)13-34)18-7-8-26-21-19(18)29-20(30-21)16-11-28-33(4)12-16/h5-9,11-12,34H,10,13H2,1-4H3,(H,27,35)(H,26,29,30). The van der Waals surface area contributed by atoms with E-state index in [0.29, 0.717) is 22.9 Å². The minimum absolute atomic E-state index is 0.0817. The Hall–Kier alpha value is -4.38. The van der Waals surface area contributed by atoms with Crippen LogP contribution in [-0.4, -0.2) is 45.9 Å². The van der Waals surface area contributed by atoms with Crippen LogP contribution >= 0.6 is 0 Å². The highest BCUT2D eigenvalue weighted by Gasteiger charge is 2.23. The highest BCUT2D eigenvalue weighted by atomic mass is 16.5. The van der Waals surface area contributed by atoms with E-state index in [2.05, 4.69) is 35.5 Å². The summed E-state index contributed by atoms with van der Waals surface area (Å²) in [4.78, 5) is 29.0. The summed E-state index contributed by atoms with van der Waals surface area (Å²) in [5, 5.41) is 21.0. The molecule has 0 atom stereocenters. The maximum atomic E-state index is 12.5. The summed E-state index contributed by atoms with van der Waals surface area (Å²) in [6.07, 6.45) is 5.30. The summed E-state index contributed by atoms with van der Waals surface area (Å²) >= 11 is 0. The van der Waals surface area contributed by atoms with E-state index in [1.807, 2.05) is 58.3 Å². The molecule has 5 aromatic rings. The van der Waals surface area contributed by atoms with Crippen molar-refractivity contribution in [2.24, 2.45) is 7.05 Å². The van der Waals surface area contributed by atoms with Crippen molar-refractivity contribution in [3.8, 4) is 22.5 Å². The third-order valence-corrected chi connectivity index (χ3v) is 5.74. The number of aryl methyl sites for hydroxylation is 1. The molecule has 1 aromatic carbocycles. The zero-order valence-electron chi connectivity index (χ0n) is 20.4. The van der Waals surface area contributed by atoms with Crippen molar-refractivity contribution in [3.05, 3.63) is 65.7 Å². The number of hydrogen-bond acceptors (Lipinski definition) is 8. The number of H-pyrrole nitrogens is 1. The number of carbonyl (C=O) groups is 1. The summed E-state index contributed by atoms with van der Waals surface area (Å²) in [7, 11) is 1.85. The molecule has 0 saturated carbocycles. The van der Waals surface area contributed by atoms with Crippen molar-refractivity contribution in [1.29, 1.82) is 0 Å². The molecule has 3 N–H and O–H groups in total. The Morgan fingerprint density at radius 2 is 2.03 bits per heavy atom. The van der Waals surface area contributed by atoms with Crippen molar-refractivity contribution in [2.75, 3.05) is 0 Å². The Morgan fingerprint density at radius 3 is 2.72 bits per heavy atom. The number of rotatable bonds is 6. The number of pyridine rings is 1. The van der Waals surface area contributed by atoms with Gasteiger partial charge in [-0.3, -0.25) is 9.48 Å². The summed E-state index contributed by atoms with van der Waals surface area (Å²) in [6.45, 7) is 5.88. The topological polar surface area (TPSA) is 148 Å². The van der Waals surface area contributed by atoms with Gasteiger partial charge in [-0.25, -0.2) is 9.97 Å². The van der Waals surface area contributed by atoms with E-state index in [1.165, 1.54) is 0 Å². The van der Waals surface area contributed by atoms with E-state index in [1.54, 1.807) is 17.1 Å². The van der Waals surface area contributed by atoms with Crippen molar-refractivity contribution < 1.29 is 14.4 Å². The molecular weight excluding hydrogens is 460 g/mol. The number of aliphatic hydroxyl groups is 1. The van der Waals surface area contributed by atoms with E-state index in [4.69, 9.17) is 4.52 Å². The summed E-state index contributed by atoms with van der Waals surface area (Å²) in [5.41, 5.74) is 5.09. The highest BCUT2D eigenvalue weighted by Crippen LogP contribution is 2.31. The van der Waals surface area contributed by atoms with Gasteiger partial charge in [-0.1, -0.05) is 44.1 Å². The molecule has 0 fully saturated rings. The number of aromatic amines is 1. The van der Waals surface area contributed by atoms with Gasteiger partial charge < -0.3 is 19.9 Å². The lowest BCUT2D eigenvalue weighted by atomic mass is 9.96. The molecule has 0 bridgehead atoms. The van der Waals surface area contributed by atoms with Crippen LogP contribution in [0.5, 0.6) is 0 Å². The van der Waals surface area contributed by atoms with Gasteiger partial charge in [0.05, 0.1) is 23.9 Å². The van der Waals surface area contributed by atoms with Crippen molar-refractivity contribution >= 4 is 17.1 Å². The van der Waals surface area contributed by atoms with Crippen molar-refractivity contribution in [3.63, 3.8) is 0 Å². The number of imidazole rings is 1. The Bertz CT molecular complexity index is 1560. The van der Waals surface area contributed by atoms with Crippen LogP contribution in [-0.2, 0) is 25.6 Å². The zero-order valence-corrected chi connectivity index (χ0v) is 20.4. The van der Waals surface area contributed by atoms with Gasteiger partial charge in [0.1, 0.15) is 5.82 Å². The first kappa shape index (κ1) is 23.4. The smallest absolute Gasteiger partial charge is 0.315 e. The molecule has 0 spiro atoms. The molecule has 0 aliphatic rings. The van der Waals surface area contributed by atoms with Gasteiger partial charge in [0.25, 0.3) is 0 Å². The second-order valence-electron chi connectivity index (χ2n) is 9.55. The summed E-state index contributed by atoms with van der Waals surface area (Å²) < 4.78 is 6.81. The van der Waals surface area contributed by atoms with Crippen LogP contribution in [0.3, 0.4) is 0 Å². The number of aliphatic hydroxyl groups excluding tert-OH is 1. The molecule has 0 radical (unpaired) electrons. The van der Waals surface area contributed by atoms with E-state index in [-0.39, 0.29) is 24.5 Å². The fourth-order valence-electron chi connectivity index (χ4n) is 3.84. The maximum Gasteiger partial charge on any atom is 0.315 e. The average molecular weight is 487 g/mol. The van der Waals surface area contributed by atoms with Gasteiger partial charge in [0.2, 0.25) is 0 Å². The first-order valence-electron chi connectivity index (χ1n) is 11.4. The van der Waals surface area contributed by atoms with Gasteiger partial charge in [0, 0.05) is 37.0 Å². The largest absolute Gasteiger partial charge is 0.392 e. The van der Waals surface area contributed by atoms with E-state index in [9.17, 15) is 9.90 Å². The van der Waals surface area contributed by atoms with Crippen molar-refractivity contribution in [2.45, 2.75) is 39.3 Å². The number of aromatic nitrogens is 7. The van der Waals surface area contributed by atoms with Gasteiger partial charge in [-0.15, -0.1) is 0 Å². The average Bonchev–Trinajstić information content (AvgIpc) is 3.60. The molecule has 36 heavy (non-hydrogen) atoms. The molecule has 0 unspecified atom stereocenters. The van der Waals surface area contributed by atoms with E-state index in [0.717, 1.165) is 27.8 Å². The fraction of sp³-hybridized carbons (Fsp3) is 0.280.